The number of nitriles is 3. The van der Waals surface area contributed by atoms with E-state index in [1.54, 1.807) is 61.7 Å². The summed E-state index contributed by atoms with van der Waals surface area (Å²) in [6.45, 7) is 1.69. The third-order valence-electron chi connectivity index (χ3n) is 5.42. The van der Waals surface area contributed by atoms with Gasteiger partial charge >= 0.3 is 5.97 Å². The van der Waals surface area contributed by atoms with Crippen LogP contribution in [0.1, 0.15) is 12.5 Å². The largest absolute Gasteiger partial charge is 0.497 e. The van der Waals surface area contributed by atoms with Crippen molar-refractivity contribution in [2.75, 3.05) is 24.9 Å². The number of amides is 1. The van der Waals surface area contributed by atoms with Gasteiger partial charge in [0.1, 0.15) is 39.8 Å². The van der Waals surface area contributed by atoms with E-state index in [4.69, 9.17) is 9.47 Å². The fourth-order valence-corrected chi connectivity index (χ4v) is 6.27. The third-order valence-corrected chi connectivity index (χ3v) is 8.28. The lowest BCUT2D eigenvalue weighted by Gasteiger charge is -2.19. The minimum Gasteiger partial charge on any atom is -0.497 e. The molecule has 2 aromatic rings. The SMILES string of the molecule is CCOC(=O)C(C#N)=C1SC(C(SC)=C(C=C(C#N)C#N)c2ccc(OC)cc2)C(=O)N1c1ccc(Br)cc1. The van der Waals surface area contributed by atoms with E-state index in [0.717, 1.165) is 16.2 Å². The van der Waals surface area contributed by atoms with E-state index >= 15 is 0 Å². The number of hydrogen-bond donors (Lipinski definition) is 0. The molecule has 1 fully saturated rings. The lowest BCUT2D eigenvalue weighted by atomic mass is 10.0. The summed E-state index contributed by atoms with van der Waals surface area (Å²) in [4.78, 5) is 28.6. The number of nitrogens with zero attached hydrogens (tertiary/aromatic N) is 4. The lowest BCUT2D eigenvalue weighted by Crippen LogP contribution is -2.30. The second-order valence-electron chi connectivity index (χ2n) is 7.65. The molecule has 2 aromatic carbocycles. The van der Waals surface area contributed by atoms with Crippen molar-refractivity contribution < 1.29 is 19.1 Å². The maximum absolute atomic E-state index is 14.0. The van der Waals surface area contributed by atoms with Gasteiger partial charge in [-0.3, -0.25) is 9.69 Å². The fraction of sp³-hybridized carbons (Fsp3) is 0.179. The van der Waals surface area contributed by atoms with Gasteiger partial charge in [-0.15, -0.1) is 11.8 Å². The van der Waals surface area contributed by atoms with Gasteiger partial charge < -0.3 is 9.47 Å². The van der Waals surface area contributed by atoms with Crippen LogP contribution in [0.3, 0.4) is 0 Å². The summed E-state index contributed by atoms with van der Waals surface area (Å²) in [5.74, 6) is -0.618. The smallest absolute Gasteiger partial charge is 0.351 e. The molecular formula is C28H21BrN4O4S2. The van der Waals surface area contributed by atoms with E-state index in [2.05, 4.69) is 15.9 Å². The van der Waals surface area contributed by atoms with Crippen molar-refractivity contribution >= 4 is 62.6 Å². The molecule has 11 heteroatoms. The molecule has 0 radical (unpaired) electrons. The third kappa shape index (κ3) is 6.55. The van der Waals surface area contributed by atoms with Crippen LogP contribution < -0.4 is 9.64 Å². The number of ether oxygens (including phenoxy) is 2. The Labute approximate surface area is 243 Å². The number of hydrogen-bond acceptors (Lipinski definition) is 9. The summed E-state index contributed by atoms with van der Waals surface area (Å²) in [7, 11) is 1.54. The predicted octanol–water partition coefficient (Wildman–Crippen LogP) is 5.95. The number of carbonyl (C=O) groups excluding carboxylic acids is 2. The van der Waals surface area contributed by atoms with Crippen LogP contribution in [0.2, 0.25) is 0 Å². The molecule has 0 bridgehead atoms. The molecule has 0 N–H and O–H groups in total. The summed E-state index contributed by atoms with van der Waals surface area (Å²) < 4.78 is 11.1. The number of rotatable bonds is 8. The summed E-state index contributed by atoms with van der Waals surface area (Å²) >= 11 is 5.70. The van der Waals surface area contributed by atoms with Gasteiger partial charge in [0.25, 0.3) is 5.91 Å². The molecular weight excluding hydrogens is 600 g/mol. The number of methoxy groups -OCH3 is 1. The predicted molar refractivity (Wildman–Crippen MR) is 155 cm³/mol. The number of esters is 1. The first-order valence-corrected chi connectivity index (χ1v) is 14.2. The van der Waals surface area contributed by atoms with Gasteiger partial charge in [-0.05, 0) is 66.8 Å². The molecule has 1 saturated heterocycles. The molecule has 39 heavy (non-hydrogen) atoms. The summed E-state index contributed by atoms with van der Waals surface area (Å²) in [6, 6.07) is 19.5. The summed E-state index contributed by atoms with van der Waals surface area (Å²) in [5.41, 5.74) is 1.16. The standard InChI is InChI=1S/C28H21BrN4O4S2/c1-4-37-28(35)23(16-32)27-33(20-9-7-19(29)8-10-20)26(34)25(39-27)24(38-3)22(13-17(14-30)15-31)18-5-11-21(36-2)12-6-18/h5-13,25H,4H2,1-3H3. The topological polar surface area (TPSA) is 127 Å². The van der Waals surface area contributed by atoms with E-state index in [0.29, 0.717) is 27.5 Å². The molecule has 1 unspecified atom stereocenters. The van der Waals surface area contributed by atoms with Crippen LogP contribution in [0.25, 0.3) is 5.57 Å². The first kappa shape index (κ1) is 29.6. The zero-order valence-electron chi connectivity index (χ0n) is 21.1. The number of carbonyl (C=O) groups is 2. The molecule has 0 saturated carbocycles. The highest BCUT2D eigenvalue weighted by atomic mass is 79.9. The van der Waals surface area contributed by atoms with Crippen LogP contribution in [0.5, 0.6) is 5.75 Å². The van der Waals surface area contributed by atoms with Gasteiger partial charge in [0, 0.05) is 15.1 Å². The van der Waals surface area contributed by atoms with Gasteiger partial charge in [0.15, 0.2) is 5.57 Å². The average Bonchev–Trinajstić information content (AvgIpc) is 3.28. The number of benzene rings is 2. The van der Waals surface area contributed by atoms with E-state index in [1.807, 2.05) is 18.2 Å². The zero-order chi connectivity index (χ0) is 28.5. The Morgan fingerprint density at radius 2 is 1.74 bits per heavy atom. The molecule has 196 valence electrons. The van der Waals surface area contributed by atoms with Crippen LogP contribution in [0, 0.1) is 34.0 Å². The second-order valence-corrected chi connectivity index (χ2v) is 10.5. The molecule has 1 aliphatic rings. The number of allylic oxidation sites excluding steroid dienone is 3. The van der Waals surface area contributed by atoms with E-state index < -0.39 is 17.1 Å². The molecule has 0 aromatic heterocycles. The number of anilines is 1. The minimum absolute atomic E-state index is 0.0606. The van der Waals surface area contributed by atoms with Crippen molar-refractivity contribution in [2.45, 2.75) is 12.2 Å². The molecule has 3 rings (SSSR count). The van der Waals surface area contributed by atoms with Crippen molar-refractivity contribution in [3.8, 4) is 24.0 Å². The van der Waals surface area contributed by atoms with Crippen LogP contribution in [0.15, 0.2) is 80.2 Å². The van der Waals surface area contributed by atoms with E-state index in [9.17, 15) is 25.4 Å². The highest BCUT2D eigenvalue weighted by Gasteiger charge is 2.43. The average molecular weight is 622 g/mol. The number of thioether (sulfide) groups is 2. The van der Waals surface area contributed by atoms with E-state index in [-0.39, 0.29) is 22.8 Å². The molecule has 0 aliphatic carbocycles. The minimum atomic E-state index is -0.886. The number of halogens is 1. The van der Waals surface area contributed by atoms with Crippen LogP contribution in [-0.2, 0) is 14.3 Å². The summed E-state index contributed by atoms with van der Waals surface area (Å²) in [6.07, 6.45) is 3.21. The summed E-state index contributed by atoms with van der Waals surface area (Å²) in [5, 5.41) is 28.1. The van der Waals surface area contributed by atoms with Crippen LogP contribution in [0.4, 0.5) is 5.69 Å². The molecule has 1 heterocycles. The molecule has 8 nitrogen and oxygen atoms in total. The van der Waals surface area contributed by atoms with E-state index in [1.165, 1.54) is 29.8 Å². The van der Waals surface area contributed by atoms with Gasteiger partial charge in [0.05, 0.1) is 13.7 Å². The van der Waals surface area contributed by atoms with Crippen molar-refractivity contribution in [2.24, 2.45) is 0 Å². The Bertz CT molecular complexity index is 1480. The van der Waals surface area contributed by atoms with Crippen molar-refractivity contribution in [1.29, 1.82) is 15.8 Å². The van der Waals surface area contributed by atoms with Gasteiger partial charge in [0.2, 0.25) is 0 Å². The molecule has 1 aliphatic heterocycles. The molecule has 0 spiro atoms. The zero-order valence-corrected chi connectivity index (χ0v) is 24.3. The molecule has 1 atom stereocenters. The molecule has 1 amide bonds. The van der Waals surface area contributed by atoms with Crippen LogP contribution >= 0.6 is 39.5 Å². The monoisotopic (exact) mass is 620 g/mol. The van der Waals surface area contributed by atoms with Gasteiger partial charge in [-0.1, -0.05) is 39.8 Å². The first-order chi connectivity index (χ1) is 18.8. The Balaban J connectivity index is 2.31. The van der Waals surface area contributed by atoms with Gasteiger partial charge in [-0.25, -0.2) is 4.79 Å². The Morgan fingerprint density at radius 1 is 1.10 bits per heavy atom. The van der Waals surface area contributed by atoms with Crippen molar-refractivity contribution in [1.82, 2.24) is 0 Å². The fourth-order valence-electron chi connectivity index (χ4n) is 3.65. The Hall–Kier alpha value is -3.95. The first-order valence-electron chi connectivity index (χ1n) is 11.4. The second kappa shape index (κ2) is 13.7. The maximum atomic E-state index is 14.0. The highest BCUT2D eigenvalue weighted by molar-refractivity contribution is 9.10. The van der Waals surface area contributed by atoms with Crippen molar-refractivity contribution in [3.63, 3.8) is 0 Å². The quantitative estimate of drug-likeness (QED) is 0.152. The lowest BCUT2D eigenvalue weighted by molar-refractivity contribution is -0.138. The van der Waals surface area contributed by atoms with Crippen molar-refractivity contribution in [3.05, 3.63) is 85.7 Å². The van der Waals surface area contributed by atoms with Crippen LogP contribution in [-0.4, -0.2) is 37.1 Å². The Morgan fingerprint density at radius 3 is 2.26 bits per heavy atom. The maximum Gasteiger partial charge on any atom is 0.351 e. The highest BCUT2D eigenvalue weighted by Crippen LogP contribution is 2.48. The van der Waals surface area contributed by atoms with Gasteiger partial charge in [-0.2, -0.15) is 15.8 Å². The Kier molecular flexibility index (Phi) is 10.4. The normalized spacial score (nSPS) is 16.3.